The van der Waals surface area contributed by atoms with Crippen LogP contribution in [0.4, 0.5) is 0 Å². The van der Waals surface area contributed by atoms with Crippen LogP contribution in [0.15, 0.2) is 18.3 Å². The molecule has 0 aliphatic heterocycles. The molecule has 3 rings (SSSR count). The normalized spacial score (nSPS) is 14.1. The van der Waals surface area contributed by atoms with Crippen molar-refractivity contribution in [3.8, 4) is 5.82 Å². The molecule has 4 heteroatoms. The molecule has 0 saturated heterocycles. The molecule has 82 valence electrons. The van der Waals surface area contributed by atoms with E-state index in [9.17, 15) is 0 Å². The van der Waals surface area contributed by atoms with Crippen molar-refractivity contribution in [3.63, 3.8) is 0 Å². The predicted molar refractivity (Wildman–Crippen MR) is 65.5 cm³/mol. The summed E-state index contributed by atoms with van der Waals surface area (Å²) in [4.78, 5) is 7.72. The zero-order valence-electron chi connectivity index (χ0n) is 9.16. The minimum atomic E-state index is 0.770. The number of imidazole rings is 1. The van der Waals surface area contributed by atoms with E-state index in [1.54, 1.807) is 0 Å². The molecule has 16 heavy (non-hydrogen) atoms. The van der Waals surface area contributed by atoms with Crippen LogP contribution in [0.5, 0.6) is 0 Å². The van der Waals surface area contributed by atoms with Gasteiger partial charge in [0.2, 0.25) is 0 Å². The van der Waals surface area contributed by atoms with E-state index >= 15 is 0 Å². The van der Waals surface area contributed by atoms with Crippen molar-refractivity contribution in [2.45, 2.75) is 26.2 Å². The first kappa shape index (κ1) is 9.78. The summed E-state index contributed by atoms with van der Waals surface area (Å²) < 4.78 is 2.86. The number of nitrogens with one attached hydrogen (secondary N) is 1. The first-order valence-electron chi connectivity index (χ1n) is 5.52. The minimum absolute atomic E-state index is 0.770. The summed E-state index contributed by atoms with van der Waals surface area (Å²) in [5.74, 6) is 0.965. The van der Waals surface area contributed by atoms with Crippen molar-refractivity contribution in [2.75, 3.05) is 0 Å². The topological polar surface area (TPSA) is 33.6 Å². The average Bonchev–Trinajstić information content (AvgIpc) is 2.79. The molecule has 0 atom stereocenters. The maximum absolute atomic E-state index is 5.37. The fourth-order valence-electron chi connectivity index (χ4n) is 2.35. The number of aromatic amines is 1. The number of fused-ring (bicyclic) bond motifs is 1. The summed E-state index contributed by atoms with van der Waals surface area (Å²) in [6.07, 6.45) is 5.23. The second-order valence-electron chi connectivity index (χ2n) is 4.19. The molecule has 2 aromatic rings. The largest absolute Gasteiger partial charge is 0.334 e. The van der Waals surface area contributed by atoms with Crippen molar-refractivity contribution in [2.24, 2.45) is 0 Å². The van der Waals surface area contributed by atoms with Crippen molar-refractivity contribution >= 4 is 12.2 Å². The number of hydrogen-bond donors (Lipinski definition) is 1. The highest BCUT2D eigenvalue weighted by molar-refractivity contribution is 7.71. The Morgan fingerprint density at radius 1 is 1.44 bits per heavy atom. The van der Waals surface area contributed by atoms with Crippen LogP contribution >= 0.6 is 12.2 Å². The fraction of sp³-hybridized carbons (Fsp3) is 0.333. The van der Waals surface area contributed by atoms with Crippen LogP contribution in [0.3, 0.4) is 0 Å². The lowest BCUT2D eigenvalue weighted by Gasteiger charge is -2.07. The Hall–Kier alpha value is -1.42. The van der Waals surface area contributed by atoms with Gasteiger partial charge >= 0.3 is 0 Å². The standard InChI is InChI=1S/C12H13N3S/c1-8-4-3-7-13-11(8)15-10-6-2-5-9(10)14-12(15)16/h3-4,7H,2,5-6H2,1H3,(H,14,16). The summed E-state index contributed by atoms with van der Waals surface area (Å²) in [6, 6.07) is 4.02. The van der Waals surface area contributed by atoms with E-state index in [2.05, 4.69) is 27.5 Å². The van der Waals surface area contributed by atoms with E-state index in [0.717, 1.165) is 29.0 Å². The molecule has 3 nitrogen and oxygen atoms in total. The second kappa shape index (κ2) is 3.56. The third-order valence-corrected chi connectivity index (χ3v) is 3.40. The van der Waals surface area contributed by atoms with Gasteiger partial charge < -0.3 is 4.98 Å². The Morgan fingerprint density at radius 2 is 2.31 bits per heavy atom. The number of aromatic nitrogens is 3. The smallest absolute Gasteiger partial charge is 0.183 e. The first-order valence-corrected chi connectivity index (χ1v) is 5.93. The van der Waals surface area contributed by atoms with Crippen LogP contribution in [0.2, 0.25) is 0 Å². The second-order valence-corrected chi connectivity index (χ2v) is 4.57. The molecule has 0 fully saturated rings. The molecular formula is C12H13N3S. The fourth-order valence-corrected chi connectivity index (χ4v) is 2.67. The molecule has 0 bridgehead atoms. The van der Waals surface area contributed by atoms with Gasteiger partial charge in [-0.05, 0) is 50.0 Å². The Labute approximate surface area is 99.2 Å². The first-order chi connectivity index (χ1) is 7.77. The third-order valence-electron chi connectivity index (χ3n) is 3.11. The van der Waals surface area contributed by atoms with Gasteiger partial charge in [-0.3, -0.25) is 4.57 Å². The van der Waals surface area contributed by atoms with Crippen molar-refractivity contribution in [1.82, 2.24) is 14.5 Å². The molecule has 0 amide bonds. The van der Waals surface area contributed by atoms with Gasteiger partial charge in [0.05, 0.1) is 0 Å². The number of aryl methyl sites for hydroxylation is 2. The van der Waals surface area contributed by atoms with Crippen LogP contribution < -0.4 is 0 Å². The van der Waals surface area contributed by atoms with Gasteiger partial charge in [0.1, 0.15) is 5.82 Å². The third kappa shape index (κ3) is 1.33. The van der Waals surface area contributed by atoms with Gasteiger partial charge in [0.15, 0.2) is 4.77 Å². The maximum atomic E-state index is 5.37. The average molecular weight is 231 g/mol. The van der Waals surface area contributed by atoms with E-state index in [-0.39, 0.29) is 0 Å². The highest BCUT2D eigenvalue weighted by Gasteiger charge is 2.19. The molecule has 0 saturated carbocycles. The van der Waals surface area contributed by atoms with Crippen molar-refractivity contribution < 1.29 is 0 Å². The lowest BCUT2D eigenvalue weighted by Crippen LogP contribution is -2.03. The number of rotatable bonds is 1. The highest BCUT2D eigenvalue weighted by atomic mass is 32.1. The summed E-state index contributed by atoms with van der Waals surface area (Å²) in [6.45, 7) is 2.07. The number of pyridine rings is 1. The van der Waals surface area contributed by atoms with Crippen LogP contribution in [-0.2, 0) is 12.8 Å². The van der Waals surface area contributed by atoms with Crippen molar-refractivity contribution in [3.05, 3.63) is 40.1 Å². The monoisotopic (exact) mass is 231 g/mol. The molecular weight excluding hydrogens is 218 g/mol. The number of hydrogen-bond acceptors (Lipinski definition) is 2. The zero-order valence-corrected chi connectivity index (χ0v) is 9.97. The lowest BCUT2D eigenvalue weighted by atomic mass is 10.3. The van der Waals surface area contributed by atoms with Gasteiger partial charge in [-0.2, -0.15) is 0 Å². The molecule has 0 unspecified atom stereocenters. The molecule has 1 aliphatic carbocycles. The van der Waals surface area contributed by atoms with Crippen LogP contribution in [-0.4, -0.2) is 14.5 Å². The molecule has 0 aromatic carbocycles. The van der Waals surface area contributed by atoms with E-state index < -0.39 is 0 Å². The van der Waals surface area contributed by atoms with E-state index in [4.69, 9.17) is 12.2 Å². The zero-order chi connectivity index (χ0) is 11.1. The summed E-state index contributed by atoms with van der Waals surface area (Å²) in [5.41, 5.74) is 3.76. The van der Waals surface area contributed by atoms with Crippen LogP contribution in [0.1, 0.15) is 23.4 Å². The maximum Gasteiger partial charge on any atom is 0.183 e. The van der Waals surface area contributed by atoms with Crippen LogP contribution in [0, 0.1) is 11.7 Å². The number of nitrogens with zero attached hydrogens (tertiary/aromatic N) is 2. The van der Waals surface area contributed by atoms with Gasteiger partial charge in [-0.1, -0.05) is 6.07 Å². The molecule has 1 aliphatic rings. The Bertz CT molecular complexity index is 595. The Balaban J connectivity index is 2.28. The van der Waals surface area contributed by atoms with Gasteiger partial charge in [0.25, 0.3) is 0 Å². The summed E-state index contributed by atoms with van der Waals surface area (Å²) in [5, 5.41) is 0. The molecule has 0 spiro atoms. The molecule has 2 heterocycles. The van der Waals surface area contributed by atoms with Gasteiger partial charge in [0, 0.05) is 17.6 Å². The number of H-pyrrole nitrogens is 1. The quantitative estimate of drug-likeness (QED) is 0.766. The SMILES string of the molecule is Cc1cccnc1-n1c2c([nH]c1=S)CCC2. The molecule has 0 radical (unpaired) electrons. The minimum Gasteiger partial charge on any atom is -0.334 e. The van der Waals surface area contributed by atoms with E-state index in [1.807, 2.05) is 12.3 Å². The Kier molecular flexibility index (Phi) is 2.17. The van der Waals surface area contributed by atoms with Crippen LogP contribution in [0.25, 0.3) is 5.82 Å². The van der Waals surface area contributed by atoms with E-state index in [0.29, 0.717) is 0 Å². The summed E-state index contributed by atoms with van der Waals surface area (Å²) in [7, 11) is 0. The molecule has 2 aromatic heterocycles. The van der Waals surface area contributed by atoms with Gasteiger partial charge in [-0.25, -0.2) is 4.98 Å². The summed E-state index contributed by atoms with van der Waals surface area (Å²) >= 11 is 5.37. The van der Waals surface area contributed by atoms with Gasteiger partial charge in [-0.15, -0.1) is 0 Å². The molecule has 1 N–H and O–H groups in total. The highest BCUT2D eigenvalue weighted by Crippen LogP contribution is 2.24. The van der Waals surface area contributed by atoms with E-state index in [1.165, 1.54) is 17.8 Å². The van der Waals surface area contributed by atoms with Crippen molar-refractivity contribution in [1.29, 1.82) is 0 Å². The predicted octanol–water partition coefficient (Wildman–Crippen LogP) is 2.73. The Morgan fingerprint density at radius 3 is 3.12 bits per heavy atom. The lowest BCUT2D eigenvalue weighted by molar-refractivity contribution is 0.823.